The van der Waals surface area contributed by atoms with Gasteiger partial charge in [-0.3, -0.25) is 0 Å². The molecule has 0 spiro atoms. The van der Waals surface area contributed by atoms with Crippen LogP contribution in [0, 0.1) is 0 Å². The fraction of sp³-hybridized carbons (Fsp3) is 0.350. The van der Waals surface area contributed by atoms with Gasteiger partial charge < -0.3 is 23.7 Å². The molecule has 0 radical (unpaired) electrons. The molecule has 0 aliphatic rings. The lowest BCUT2D eigenvalue weighted by molar-refractivity contribution is 0.0594. The van der Waals surface area contributed by atoms with Gasteiger partial charge in [-0.1, -0.05) is 15.9 Å². The molecule has 7 heteroatoms. The number of rotatable bonds is 8. The first-order chi connectivity index (χ1) is 12.9. The van der Waals surface area contributed by atoms with E-state index in [1.807, 2.05) is 26.0 Å². The second kappa shape index (κ2) is 9.50. The predicted octanol–water partition coefficient (Wildman–Crippen LogP) is 4.62. The summed E-state index contributed by atoms with van der Waals surface area (Å²) < 4.78 is 27.8. The molecule has 0 N–H and O–H groups in total. The number of halogens is 1. The maximum absolute atomic E-state index is 11.9. The molecule has 2 aromatic rings. The number of hydrogen-bond acceptors (Lipinski definition) is 6. The number of benzene rings is 2. The van der Waals surface area contributed by atoms with Crippen LogP contribution in [0.25, 0.3) is 0 Å². The van der Waals surface area contributed by atoms with Crippen molar-refractivity contribution in [1.29, 1.82) is 0 Å². The van der Waals surface area contributed by atoms with Crippen LogP contribution < -0.4 is 18.9 Å². The van der Waals surface area contributed by atoms with Crippen LogP contribution in [0.3, 0.4) is 0 Å². The molecule has 0 atom stereocenters. The summed E-state index contributed by atoms with van der Waals surface area (Å²) in [6.07, 6.45) is -0.0938. The zero-order valence-corrected chi connectivity index (χ0v) is 17.6. The first kappa shape index (κ1) is 20.9. The van der Waals surface area contributed by atoms with Crippen molar-refractivity contribution in [1.82, 2.24) is 0 Å². The number of carbonyl (C=O) groups excluding carboxylic acids is 1. The Labute approximate surface area is 167 Å². The smallest absolute Gasteiger partial charge is 0.341 e. The lowest BCUT2D eigenvalue weighted by atomic mass is 10.2. The SMILES string of the molecule is COC(=O)c1ccc(OCc2cc(OC)c(OC)cc2Br)cc1OC(C)C. The molecule has 0 aliphatic carbocycles. The first-order valence-corrected chi connectivity index (χ1v) is 9.11. The molecule has 0 heterocycles. The number of carbonyl (C=O) groups is 1. The summed E-state index contributed by atoms with van der Waals surface area (Å²) in [5.74, 6) is 1.77. The molecule has 2 aromatic carbocycles. The Bertz CT molecular complexity index is 803. The summed E-state index contributed by atoms with van der Waals surface area (Å²) in [5.41, 5.74) is 1.24. The standard InChI is InChI=1S/C20H23BrO6/c1-12(2)27-17-9-14(6-7-15(17)20(22)25-5)26-11-13-8-18(23-3)19(24-4)10-16(13)21/h6-10,12H,11H2,1-5H3. The Kier molecular flexibility index (Phi) is 7.36. The third-order valence-corrected chi connectivity index (χ3v) is 4.41. The van der Waals surface area contributed by atoms with Crippen molar-refractivity contribution in [2.75, 3.05) is 21.3 Å². The average molecular weight is 439 g/mol. The Morgan fingerprint density at radius 2 is 1.67 bits per heavy atom. The van der Waals surface area contributed by atoms with Crippen molar-refractivity contribution in [3.05, 3.63) is 45.9 Å². The topological polar surface area (TPSA) is 63.2 Å². The van der Waals surface area contributed by atoms with Crippen LogP contribution in [0.15, 0.2) is 34.8 Å². The molecule has 0 aromatic heterocycles. The summed E-state index contributed by atoms with van der Waals surface area (Å²) >= 11 is 3.51. The minimum atomic E-state index is -0.458. The Balaban J connectivity index is 2.24. The van der Waals surface area contributed by atoms with Gasteiger partial charge in [0, 0.05) is 16.1 Å². The molecule has 27 heavy (non-hydrogen) atoms. The van der Waals surface area contributed by atoms with E-state index < -0.39 is 5.97 Å². The van der Waals surface area contributed by atoms with Crippen LogP contribution in [0.1, 0.15) is 29.8 Å². The summed E-state index contributed by atoms with van der Waals surface area (Å²) in [6, 6.07) is 8.68. The highest BCUT2D eigenvalue weighted by atomic mass is 79.9. The average Bonchev–Trinajstić information content (AvgIpc) is 2.65. The molecule has 0 unspecified atom stereocenters. The molecule has 146 valence electrons. The van der Waals surface area contributed by atoms with E-state index in [0.29, 0.717) is 35.2 Å². The van der Waals surface area contributed by atoms with Crippen LogP contribution in [-0.2, 0) is 11.3 Å². The minimum Gasteiger partial charge on any atom is -0.493 e. The van der Waals surface area contributed by atoms with Crippen LogP contribution in [0.2, 0.25) is 0 Å². The maximum atomic E-state index is 11.9. The molecule has 0 bridgehead atoms. The van der Waals surface area contributed by atoms with Crippen molar-refractivity contribution < 1.29 is 28.5 Å². The number of esters is 1. The lowest BCUT2D eigenvalue weighted by Crippen LogP contribution is -2.11. The largest absolute Gasteiger partial charge is 0.493 e. The first-order valence-electron chi connectivity index (χ1n) is 8.31. The van der Waals surface area contributed by atoms with Gasteiger partial charge in [-0.15, -0.1) is 0 Å². The second-order valence-electron chi connectivity index (χ2n) is 5.90. The summed E-state index contributed by atoms with van der Waals surface area (Å²) in [5, 5.41) is 0. The van der Waals surface area contributed by atoms with Gasteiger partial charge in [0.2, 0.25) is 0 Å². The minimum absolute atomic E-state index is 0.0938. The molecule has 0 aliphatic heterocycles. The van der Waals surface area contributed by atoms with Crippen molar-refractivity contribution in [2.24, 2.45) is 0 Å². The quantitative estimate of drug-likeness (QED) is 0.560. The van der Waals surface area contributed by atoms with Gasteiger partial charge in [-0.25, -0.2) is 4.79 Å². The molecule has 0 amide bonds. The number of methoxy groups -OCH3 is 3. The highest BCUT2D eigenvalue weighted by Crippen LogP contribution is 2.34. The van der Waals surface area contributed by atoms with Crippen LogP contribution in [-0.4, -0.2) is 33.4 Å². The van der Waals surface area contributed by atoms with E-state index in [4.69, 9.17) is 23.7 Å². The third-order valence-electron chi connectivity index (χ3n) is 3.67. The van der Waals surface area contributed by atoms with Gasteiger partial charge in [0.1, 0.15) is 23.7 Å². The third kappa shape index (κ3) is 5.29. The summed E-state index contributed by atoms with van der Waals surface area (Å²) in [6.45, 7) is 4.06. The number of ether oxygens (including phenoxy) is 5. The fourth-order valence-electron chi connectivity index (χ4n) is 2.39. The van der Waals surface area contributed by atoms with Crippen molar-refractivity contribution in [3.63, 3.8) is 0 Å². The zero-order valence-electron chi connectivity index (χ0n) is 16.0. The second-order valence-corrected chi connectivity index (χ2v) is 6.76. The van der Waals surface area contributed by atoms with Gasteiger partial charge in [0.25, 0.3) is 0 Å². The van der Waals surface area contributed by atoms with Crippen LogP contribution in [0.5, 0.6) is 23.0 Å². The lowest BCUT2D eigenvalue weighted by Gasteiger charge is -2.16. The summed E-state index contributed by atoms with van der Waals surface area (Å²) in [4.78, 5) is 11.9. The number of hydrogen-bond donors (Lipinski definition) is 0. The van der Waals surface area contributed by atoms with E-state index in [1.165, 1.54) is 7.11 Å². The van der Waals surface area contributed by atoms with Gasteiger partial charge in [0.05, 0.1) is 27.4 Å². The highest BCUT2D eigenvalue weighted by Gasteiger charge is 2.16. The normalized spacial score (nSPS) is 10.5. The van der Waals surface area contributed by atoms with Crippen LogP contribution >= 0.6 is 15.9 Å². The Hall–Kier alpha value is -2.41. The molecular formula is C20H23BrO6. The molecule has 6 nitrogen and oxygen atoms in total. The predicted molar refractivity (Wildman–Crippen MR) is 105 cm³/mol. The van der Waals surface area contributed by atoms with Gasteiger partial charge >= 0.3 is 5.97 Å². The van der Waals surface area contributed by atoms with E-state index >= 15 is 0 Å². The van der Waals surface area contributed by atoms with Crippen LogP contribution in [0.4, 0.5) is 0 Å². The molecule has 0 saturated heterocycles. The van der Waals surface area contributed by atoms with Gasteiger partial charge in [-0.2, -0.15) is 0 Å². The van der Waals surface area contributed by atoms with E-state index in [1.54, 1.807) is 32.4 Å². The Morgan fingerprint density at radius 3 is 2.26 bits per heavy atom. The van der Waals surface area contributed by atoms with Gasteiger partial charge in [0.15, 0.2) is 11.5 Å². The zero-order chi connectivity index (χ0) is 20.0. The maximum Gasteiger partial charge on any atom is 0.341 e. The van der Waals surface area contributed by atoms with E-state index in [-0.39, 0.29) is 6.10 Å². The van der Waals surface area contributed by atoms with Gasteiger partial charge in [-0.05, 0) is 38.1 Å². The van der Waals surface area contributed by atoms with E-state index in [9.17, 15) is 4.79 Å². The molecule has 0 fully saturated rings. The van der Waals surface area contributed by atoms with Crippen molar-refractivity contribution in [3.8, 4) is 23.0 Å². The molecular weight excluding hydrogens is 416 g/mol. The van der Waals surface area contributed by atoms with Crippen molar-refractivity contribution >= 4 is 21.9 Å². The Morgan fingerprint density at radius 1 is 1.00 bits per heavy atom. The highest BCUT2D eigenvalue weighted by molar-refractivity contribution is 9.10. The molecule has 2 rings (SSSR count). The monoisotopic (exact) mass is 438 g/mol. The van der Waals surface area contributed by atoms with Crippen molar-refractivity contribution in [2.45, 2.75) is 26.6 Å². The molecule has 0 saturated carbocycles. The summed E-state index contributed by atoms with van der Waals surface area (Å²) in [7, 11) is 4.50. The fourth-order valence-corrected chi connectivity index (χ4v) is 2.83. The van der Waals surface area contributed by atoms with E-state index in [2.05, 4.69) is 15.9 Å². The van der Waals surface area contributed by atoms with E-state index in [0.717, 1.165) is 10.0 Å².